The maximum atomic E-state index is 12.6. The minimum atomic E-state index is -0.815. The number of aryl methyl sites for hydroxylation is 1. The number of aromatic nitrogens is 2. The van der Waals surface area contributed by atoms with Crippen molar-refractivity contribution in [3.8, 4) is 0 Å². The minimum absolute atomic E-state index is 0.00140. The molecule has 1 N–H and O–H groups in total. The normalized spacial score (nSPS) is 21.8. The van der Waals surface area contributed by atoms with E-state index < -0.39 is 11.6 Å². The van der Waals surface area contributed by atoms with Crippen LogP contribution in [0.1, 0.15) is 33.3 Å². The Morgan fingerprint density at radius 2 is 2.05 bits per heavy atom. The van der Waals surface area contributed by atoms with Gasteiger partial charge in [-0.15, -0.1) is 0 Å². The first-order valence-electron chi connectivity index (χ1n) is 7.33. The second kappa shape index (κ2) is 5.50. The molecule has 21 heavy (non-hydrogen) atoms. The number of carbonyl (C=O) groups excluding carboxylic acids is 2. The topological polar surface area (TPSA) is 67.2 Å². The number of piperazine rings is 1. The zero-order chi connectivity index (χ0) is 15.8. The van der Waals surface area contributed by atoms with Crippen LogP contribution in [0.2, 0.25) is 0 Å². The van der Waals surface area contributed by atoms with Gasteiger partial charge in [0.15, 0.2) is 0 Å². The van der Waals surface area contributed by atoms with Crippen molar-refractivity contribution in [1.82, 2.24) is 20.0 Å². The summed E-state index contributed by atoms with van der Waals surface area (Å²) in [6.45, 7) is 8.00. The summed E-state index contributed by atoms with van der Waals surface area (Å²) in [5.74, 6) is -0.0103. The molecular weight excluding hydrogens is 268 g/mol. The first-order chi connectivity index (χ1) is 9.73. The smallest absolute Gasteiger partial charge is 0.246 e. The summed E-state index contributed by atoms with van der Waals surface area (Å²) in [7, 11) is 1.86. The van der Waals surface area contributed by atoms with Crippen LogP contribution in [0, 0.1) is 5.92 Å². The standard InChI is InChI=1S/C15H24N4O2/c1-10(2)12-13(20)19(15(3,4)14(21)17-12)7-6-11-8-16-18(5)9-11/h8-10,12H,6-7H2,1-5H3,(H,17,21). The van der Waals surface area contributed by atoms with Gasteiger partial charge in [0.1, 0.15) is 11.6 Å². The Bertz CT molecular complexity index is 548. The van der Waals surface area contributed by atoms with Crippen LogP contribution < -0.4 is 5.32 Å². The molecule has 0 aromatic carbocycles. The Labute approximate surface area is 125 Å². The molecule has 2 amide bonds. The van der Waals surface area contributed by atoms with Crippen molar-refractivity contribution < 1.29 is 9.59 Å². The van der Waals surface area contributed by atoms with Crippen LogP contribution >= 0.6 is 0 Å². The van der Waals surface area contributed by atoms with Gasteiger partial charge in [-0.25, -0.2) is 0 Å². The average molecular weight is 292 g/mol. The number of hydrogen-bond acceptors (Lipinski definition) is 3. The van der Waals surface area contributed by atoms with Crippen LogP contribution in [0.15, 0.2) is 12.4 Å². The van der Waals surface area contributed by atoms with E-state index >= 15 is 0 Å². The van der Waals surface area contributed by atoms with E-state index in [2.05, 4.69) is 10.4 Å². The second-order valence-corrected chi connectivity index (χ2v) is 6.52. The number of rotatable bonds is 4. The van der Waals surface area contributed by atoms with Crippen molar-refractivity contribution in [2.24, 2.45) is 13.0 Å². The predicted molar refractivity (Wildman–Crippen MR) is 79.5 cm³/mol. The van der Waals surface area contributed by atoms with Crippen molar-refractivity contribution >= 4 is 11.8 Å². The molecule has 1 aliphatic rings. The van der Waals surface area contributed by atoms with Crippen molar-refractivity contribution in [3.05, 3.63) is 18.0 Å². The zero-order valence-electron chi connectivity index (χ0n) is 13.4. The molecule has 1 unspecified atom stereocenters. The van der Waals surface area contributed by atoms with Crippen molar-refractivity contribution in [2.45, 2.75) is 45.7 Å². The summed E-state index contributed by atoms with van der Waals surface area (Å²) in [5.41, 5.74) is 0.248. The van der Waals surface area contributed by atoms with Gasteiger partial charge in [0, 0.05) is 19.8 Å². The van der Waals surface area contributed by atoms with Gasteiger partial charge < -0.3 is 10.2 Å². The maximum absolute atomic E-state index is 12.6. The van der Waals surface area contributed by atoms with Crippen molar-refractivity contribution in [1.29, 1.82) is 0 Å². The fourth-order valence-electron chi connectivity index (χ4n) is 2.63. The molecule has 6 nitrogen and oxygen atoms in total. The van der Waals surface area contributed by atoms with Gasteiger partial charge in [-0.3, -0.25) is 14.3 Å². The van der Waals surface area contributed by atoms with Crippen molar-refractivity contribution in [2.75, 3.05) is 6.54 Å². The van der Waals surface area contributed by atoms with Crippen LogP contribution in [0.25, 0.3) is 0 Å². The van der Waals surface area contributed by atoms with E-state index in [1.807, 2.05) is 27.1 Å². The lowest BCUT2D eigenvalue weighted by Gasteiger charge is -2.45. The molecule has 1 aromatic heterocycles. The molecule has 0 bridgehead atoms. The lowest BCUT2D eigenvalue weighted by molar-refractivity contribution is -0.156. The third kappa shape index (κ3) is 2.94. The van der Waals surface area contributed by atoms with Gasteiger partial charge in [-0.2, -0.15) is 5.10 Å². The van der Waals surface area contributed by atoms with Crippen LogP contribution in [0.3, 0.4) is 0 Å². The number of carbonyl (C=O) groups is 2. The monoisotopic (exact) mass is 292 g/mol. The molecule has 2 rings (SSSR count). The summed E-state index contributed by atoms with van der Waals surface area (Å²) in [6, 6.07) is -0.431. The first-order valence-corrected chi connectivity index (χ1v) is 7.33. The van der Waals surface area contributed by atoms with Crippen molar-refractivity contribution in [3.63, 3.8) is 0 Å². The van der Waals surface area contributed by atoms with E-state index in [0.29, 0.717) is 13.0 Å². The number of nitrogens with zero attached hydrogens (tertiary/aromatic N) is 3. The molecule has 0 aliphatic carbocycles. The Balaban J connectivity index is 2.16. The molecular formula is C15H24N4O2. The second-order valence-electron chi connectivity index (χ2n) is 6.52. The number of amides is 2. The fourth-order valence-corrected chi connectivity index (χ4v) is 2.63. The van der Waals surface area contributed by atoms with Crippen LogP contribution in [0.5, 0.6) is 0 Å². The van der Waals surface area contributed by atoms with E-state index in [9.17, 15) is 9.59 Å². The lowest BCUT2D eigenvalue weighted by Crippen LogP contribution is -2.69. The number of nitrogens with one attached hydrogen (secondary N) is 1. The molecule has 0 radical (unpaired) electrons. The average Bonchev–Trinajstić information content (AvgIpc) is 2.79. The Morgan fingerprint density at radius 3 is 2.57 bits per heavy atom. The zero-order valence-corrected chi connectivity index (χ0v) is 13.4. The van der Waals surface area contributed by atoms with E-state index in [1.165, 1.54) is 0 Å². The summed E-state index contributed by atoms with van der Waals surface area (Å²) in [5, 5.41) is 6.97. The quantitative estimate of drug-likeness (QED) is 0.889. The predicted octanol–water partition coefficient (Wildman–Crippen LogP) is 0.724. The van der Waals surface area contributed by atoms with E-state index in [0.717, 1.165) is 5.56 Å². The summed E-state index contributed by atoms with van der Waals surface area (Å²) >= 11 is 0. The molecule has 0 saturated carbocycles. The third-order valence-electron chi connectivity index (χ3n) is 4.10. The van der Waals surface area contributed by atoms with Crippen LogP contribution in [-0.2, 0) is 23.1 Å². The Hall–Kier alpha value is -1.85. The van der Waals surface area contributed by atoms with Gasteiger partial charge in [0.25, 0.3) is 0 Å². The third-order valence-corrected chi connectivity index (χ3v) is 4.10. The molecule has 1 aliphatic heterocycles. The molecule has 1 saturated heterocycles. The molecule has 1 aromatic rings. The molecule has 2 heterocycles. The SMILES string of the molecule is CC(C)C1NC(=O)C(C)(C)N(CCc2cnn(C)c2)C1=O. The lowest BCUT2D eigenvalue weighted by atomic mass is 9.91. The van der Waals surface area contributed by atoms with E-state index in [-0.39, 0.29) is 17.7 Å². The van der Waals surface area contributed by atoms with E-state index in [4.69, 9.17) is 0 Å². The van der Waals surface area contributed by atoms with Gasteiger partial charge >= 0.3 is 0 Å². The highest BCUT2D eigenvalue weighted by Gasteiger charge is 2.46. The largest absolute Gasteiger partial charge is 0.342 e. The molecule has 6 heteroatoms. The van der Waals surface area contributed by atoms with Gasteiger partial charge in [-0.05, 0) is 31.7 Å². The minimum Gasteiger partial charge on any atom is -0.342 e. The highest BCUT2D eigenvalue weighted by atomic mass is 16.2. The maximum Gasteiger partial charge on any atom is 0.246 e. The Kier molecular flexibility index (Phi) is 4.07. The molecule has 0 spiro atoms. The highest BCUT2D eigenvalue weighted by molar-refractivity contribution is 5.99. The van der Waals surface area contributed by atoms with E-state index in [1.54, 1.807) is 29.6 Å². The molecule has 1 atom stereocenters. The van der Waals surface area contributed by atoms with Gasteiger partial charge in [-0.1, -0.05) is 13.8 Å². The Morgan fingerprint density at radius 1 is 1.38 bits per heavy atom. The molecule has 116 valence electrons. The van der Waals surface area contributed by atoms with Gasteiger partial charge in [0.2, 0.25) is 11.8 Å². The summed E-state index contributed by atoms with van der Waals surface area (Å²) < 4.78 is 1.74. The summed E-state index contributed by atoms with van der Waals surface area (Å²) in [4.78, 5) is 26.6. The fraction of sp³-hybridized carbons (Fsp3) is 0.667. The molecule has 1 fully saturated rings. The number of hydrogen-bond donors (Lipinski definition) is 1. The highest BCUT2D eigenvalue weighted by Crippen LogP contribution is 2.24. The first kappa shape index (κ1) is 15.5. The summed E-state index contributed by atoms with van der Waals surface area (Å²) in [6.07, 6.45) is 4.42. The van der Waals surface area contributed by atoms with Gasteiger partial charge in [0.05, 0.1) is 6.20 Å². The van der Waals surface area contributed by atoms with Crippen LogP contribution in [0.4, 0.5) is 0 Å². The van der Waals surface area contributed by atoms with Crippen LogP contribution in [-0.4, -0.2) is 44.6 Å².